The summed E-state index contributed by atoms with van der Waals surface area (Å²) in [5, 5.41) is 6.38. The Kier molecular flexibility index (Phi) is 3.14. The smallest absolute Gasteiger partial charge is 0.0516 e. The molecular formula is C9H13N3. The van der Waals surface area contributed by atoms with E-state index in [9.17, 15) is 0 Å². The minimum Gasteiger partial charge on any atom is -0.365 e. The highest BCUT2D eigenvalue weighted by molar-refractivity contribution is 4.99. The van der Waals surface area contributed by atoms with E-state index in [0.29, 0.717) is 0 Å². The number of H-pyrrole nitrogens is 2. The number of nitrogens with one attached hydrogen (secondary N) is 2. The maximum atomic E-state index is 3.70. The summed E-state index contributed by atoms with van der Waals surface area (Å²) in [5.41, 5.74) is 2.39. The van der Waals surface area contributed by atoms with Crippen molar-refractivity contribution in [2.24, 2.45) is 0 Å². The minimum absolute atomic E-state index is 1.18. The van der Waals surface area contributed by atoms with Gasteiger partial charge in [0, 0.05) is 18.1 Å². The zero-order chi connectivity index (χ0) is 8.81. The van der Waals surface area contributed by atoms with Crippen molar-refractivity contribution in [3.8, 4) is 0 Å². The molecule has 12 heavy (non-hydrogen) atoms. The molecule has 0 aliphatic carbocycles. The van der Waals surface area contributed by atoms with Crippen LogP contribution in [-0.4, -0.2) is 15.2 Å². The van der Waals surface area contributed by atoms with E-state index in [2.05, 4.69) is 15.2 Å². The fourth-order valence-corrected chi connectivity index (χ4v) is 0.736. The Hall–Kier alpha value is -1.51. The van der Waals surface area contributed by atoms with Crippen molar-refractivity contribution in [2.75, 3.05) is 0 Å². The summed E-state index contributed by atoms with van der Waals surface area (Å²) in [5.74, 6) is 0. The topological polar surface area (TPSA) is 44.5 Å². The highest BCUT2D eigenvalue weighted by atomic mass is 15.1. The van der Waals surface area contributed by atoms with Crippen LogP contribution in [0, 0.1) is 13.8 Å². The van der Waals surface area contributed by atoms with E-state index in [1.165, 1.54) is 11.3 Å². The third-order valence-corrected chi connectivity index (χ3v) is 1.39. The van der Waals surface area contributed by atoms with Crippen molar-refractivity contribution >= 4 is 0 Å². The van der Waals surface area contributed by atoms with Crippen molar-refractivity contribution in [1.82, 2.24) is 15.2 Å². The molecule has 0 bridgehead atoms. The maximum absolute atomic E-state index is 3.70. The molecule has 64 valence electrons. The van der Waals surface area contributed by atoms with Crippen molar-refractivity contribution in [3.63, 3.8) is 0 Å². The van der Waals surface area contributed by atoms with Gasteiger partial charge in [0.15, 0.2) is 0 Å². The molecule has 2 rings (SSSR count). The second kappa shape index (κ2) is 4.38. The molecule has 0 unspecified atom stereocenters. The predicted molar refractivity (Wildman–Crippen MR) is 48.9 cm³/mol. The number of aryl methyl sites for hydroxylation is 2. The van der Waals surface area contributed by atoms with Gasteiger partial charge in [0.2, 0.25) is 0 Å². The van der Waals surface area contributed by atoms with E-state index in [0.717, 1.165) is 0 Å². The fraction of sp³-hybridized carbons (Fsp3) is 0.222. The lowest BCUT2D eigenvalue weighted by Crippen LogP contribution is -1.59. The predicted octanol–water partition coefficient (Wildman–Crippen LogP) is 2.04. The summed E-state index contributed by atoms with van der Waals surface area (Å²) >= 11 is 0. The van der Waals surface area contributed by atoms with Crippen LogP contribution in [-0.2, 0) is 0 Å². The average Bonchev–Trinajstić information content (AvgIpc) is 2.63. The number of aromatic nitrogens is 3. The van der Waals surface area contributed by atoms with Crippen LogP contribution in [0.5, 0.6) is 0 Å². The maximum Gasteiger partial charge on any atom is 0.0516 e. The van der Waals surface area contributed by atoms with Gasteiger partial charge in [-0.15, -0.1) is 0 Å². The Morgan fingerprint density at radius 3 is 2.33 bits per heavy atom. The lowest BCUT2D eigenvalue weighted by atomic mass is 10.4. The van der Waals surface area contributed by atoms with Gasteiger partial charge in [0.1, 0.15) is 0 Å². The summed E-state index contributed by atoms with van der Waals surface area (Å²) in [6.45, 7) is 4.02. The number of hydrogen-bond acceptors (Lipinski definition) is 1. The van der Waals surface area contributed by atoms with E-state index >= 15 is 0 Å². The summed E-state index contributed by atoms with van der Waals surface area (Å²) in [6.07, 6.45) is 5.54. The molecule has 2 heterocycles. The van der Waals surface area contributed by atoms with Crippen LogP contribution < -0.4 is 0 Å². The molecule has 3 heteroatoms. The third-order valence-electron chi connectivity index (χ3n) is 1.39. The molecule has 0 aliphatic heterocycles. The largest absolute Gasteiger partial charge is 0.365 e. The first-order valence-electron chi connectivity index (χ1n) is 3.84. The SMILES string of the molecule is Cc1ccc[nH]1.Cc1cn[nH]c1. The number of hydrogen-bond donors (Lipinski definition) is 2. The third kappa shape index (κ3) is 3.05. The molecule has 2 aromatic heterocycles. The van der Waals surface area contributed by atoms with Crippen LogP contribution >= 0.6 is 0 Å². The second-order valence-electron chi connectivity index (χ2n) is 2.63. The van der Waals surface area contributed by atoms with Gasteiger partial charge < -0.3 is 4.98 Å². The lowest BCUT2D eigenvalue weighted by molar-refractivity contribution is 1.09. The van der Waals surface area contributed by atoms with Gasteiger partial charge in [-0.1, -0.05) is 0 Å². The van der Waals surface area contributed by atoms with Crippen molar-refractivity contribution in [2.45, 2.75) is 13.8 Å². The summed E-state index contributed by atoms with van der Waals surface area (Å²) in [7, 11) is 0. The minimum atomic E-state index is 1.18. The Labute approximate surface area is 71.8 Å². The van der Waals surface area contributed by atoms with Crippen molar-refractivity contribution in [3.05, 3.63) is 42.0 Å². The highest BCUT2D eigenvalue weighted by Crippen LogP contribution is 1.86. The Morgan fingerprint density at radius 2 is 2.17 bits per heavy atom. The van der Waals surface area contributed by atoms with Crippen LogP contribution in [0.25, 0.3) is 0 Å². The summed E-state index contributed by atoms with van der Waals surface area (Å²) < 4.78 is 0. The van der Waals surface area contributed by atoms with Crippen LogP contribution in [0.3, 0.4) is 0 Å². The second-order valence-corrected chi connectivity index (χ2v) is 2.63. The molecule has 0 aliphatic rings. The Bertz CT molecular complexity index is 249. The zero-order valence-corrected chi connectivity index (χ0v) is 7.33. The first-order valence-corrected chi connectivity index (χ1v) is 3.84. The number of aromatic amines is 2. The molecule has 0 spiro atoms. The van der Waals surface area contributed by atoms with E-state index in [4.69, 9.17) is 0 Å². The van der Waals surface area contributed by atoms with Crippen LogP contribution in [0.15, 0.2) is 30.7 Å². The molecule has 0 atom stereocenters. The van der Waals surface area contributed by atoms with Gasteiger partial charge in [-0.2, -0.15) is 5.10 Å². The van der Waals surface area contributed by atoms with E-state index in [1.807, 2.05) is 38.4 Å². The first-order chi connectivity index (χ1) is 5.79. The molecule has 2 aromatic rings. The van der Waals surface area contributed by atoms with E-state index in [1.54, 1.807) is 6.20 Å². The average molecular weight is 163 g/mol. The quantitative estimate of drug-likeness (QED) is 0.613. The van der Waals surface area contributed by atoms with Gasteiger partial charge in [-0.3, -0.25) is 5.10 Å². The molecule has 0 aromatic carbocycles. The molecule has 0 fully saturated rings. The van der Waals surface area contributed by atoms with Crippen molar-refractivity contribution in [1.29, 1.82) is 0 Å². The Morgan fingerprint density at radius 1 is 1.33 bits per heavy atom. The molecule has 0 radical (unpaired) electrons. The molecule has 2 N–H and O–H groups in total. The molecule has 0 saturated carbocycles. The molecular weight excluding hydrogens is 150 g/mol. The highest BCUT2D eigenvalue weighted by Gasteiger charge is 1.74. The van der Waals surface area contributed by atoms with Gasteiger partial charge in [-0.25, -0.2) is 0 Å². The molecule has 3 nitrogen and oxygen atoms in total. The van der Waals surface area contributed by atoms with E-state index < -0.39 is 0 Å². The van der Waals surface area contributed by atoms with Gasteiger partial charge in [0.05, 0.1) is 6.20 Å². The van der Waals surface area contributed by atoms with E-state index in [-0.39, 0.29) is 0 Å². The van der Waals surface area contributed by atoms with Crippen molar-refractivity contribution < 1.29 is 0 Å². The Balaban J connectivity index is 0.000000120. The molecule has 0 amide bonds. The normalized spacial score (nSPS) is 8.83. The van der Waals surface area contributed by atoms with Crippen LogP contribution in [0.4, 0.5) is 0 Å². The van der Waals surface area contributed by atoms with Crippen LogP contribution in [0.1, 0.15) is 11.3 Å². The van der Waals surface area contributed by atoms with Gasteiger partial charge in [0.25, 0.3) is 0 Å². The lowest BCUT2D eigenvalue weighted by Gasteiger charge is -1.70. The van der Waals surface area contributed by atoms with Crippen LogP contribution in [0.2, 0.25) is 0 Å². The van der Waals surface area contributed by atoms with Gasteiger partial charge >= 0.3 is 0 Å². The first kappa shape index (κ1) is 8.59. The summed E-state index contributed by atoms with van der Waals surface area (Å²) in [6, 6.07) is 4.01. The fourth-order valence-electron chi connectivity index (χ4n) is 0.736. The molecule has 0 saturated heterocycles. The van der Waals surface area contributed by atoms with Gasteiger partial charge in [-0.05, 0) is 31.5 Å². The summed E-state index contributed by atoms with van der Waals surface area (Å²) in [4.78, 5) is 3.00. The zero-order valence-electron chi connectivity index (χ0n) is 7.33. The number of rotatable bonds is 0. The standard InChI is InChI=1S/C5H7N.C4H6N2/c1-5-3-2-4-6-5;1-4-2-5-6-3-4/h2-4,6H,1H3;2-3H,1H3,(H,5,6). The number of nitrogens with zero attached hydrogens (tertiary/aromatic N) is 1. The monoisotopic (exact) mass is 163 g/mol.